The molecular weight excluding hydrogens is 715 g/mol. The minimum absolute atomic E-state index is 0.295. The van der Waals surface area contributed by atoms with Gasteiger partial charge in [-0.05, 0) is 79.8 Å². The number of rotatable bonds is 7. The minimum atomic E-state index is -0.549. The second-order valence-corrected chi connectivity index (χ2v) is 15.4. The van der Waals surface area contributed by atoms with Crippen molar-refractivity contribution in [1.82, 2.24) is 15.0 Å². The van der Waals surface area contributed by atoms with Crippen molar-refractivity contribution in [1.29, 1.82) is 0 Å². The van der Waals surface area contributed by atoms with Crippen molar-refractivity contribution in [2.24, 2.45) is 5.92 Å². The quantitative estimate of drug-likeness (QED) is 0.163. The predicted octanol–water partition coefficient (Wildman–Crippen LogP) is 13.4. The van der Waals surface area contributed by atoms with Crippen LogP contribution in [0, 0.1) is 5.92 Å². The van der Waals surface area contributed by atoms with Gasteiger partial charge in [0.1, 0.15) is 0 Å². The summed E-state index contributed by atoms with van der Waals surface area (Å²) in [5, 5.41) is 0. The Morgan fingerprint density at radius 3 is 1.63 bits per heavy atom. The highest BCUT2D eigenvalue weighted by Gasteiger charge is 2.47. The van der Waals surface area contributed by atoms with Crippen LogP contribution in [0.3, 0.4) is 0 Å². The zero-order valence-electron chi connectivity index (χ0n) is 32.4. The molecular formula is C56H39N3. The van der Waals surface area contributed by atoms with Gasteiger partial charge >= 0.3 is 0 Å². The Labute approximate surface area is 345 Å². The number of aromatic nitrogens is 3. The van der Waals surface area contributed by atoms with Crippen LogP contribution in [0.15, 0.2) is 224 Å². The van der Waals surface area contributed by atoms with E-state index in [9.17, 15) is 0 Å². The summed E-state index contributed by atoms with van der Waals surface area (Å²) in [4.78, 5) is 15.9. The fourth-order valence-corrected chi connectivity index (χ4v) is 9.43. The van der Waals surface area contributed by atoms with E-state index in [1.165, 1.54) is 50.1 Å². The summed E-state index contributed by atoms with van der Waals surface area (Å²) in [6.45, 7) is 0. The lowest BCUT2D eigenvalue weighted by Crippen LogP contribution is -2.28. The molecule has 1 aromatic heterocycles. The van der Waals surface area contributed by atoms with Crippen molar-refractivity contribution in [3.63, 3.8) is 0 Å². The summed E-state index contributed by atoms with van der Waals surface area (Å²) in [6.07, 6.45) is 14.6. The second-order valence-electron chi connectivity index (χ2n) is 15.4. The number of hydrogen-bond donors (Lipinski definition) is 0. The molecule has 11 rings (SSSR count). The molecule has 59 heavy (non-hydrogen) atoms. The Morgan fingerprint density at radius 1 is 0.407 bits per heavy atom. The second kappa shape index (κ2) is 14.5. The molecule has 0 spiro atoms. The van der Waals surface area contributed by atoms with Crippen molar-refractivity contribution in [3.05, 3.63) is 252 Å². The van der Waals surface area contributed by atoms with Crippen LogP contribution >= 0.6 is 0 Å². The summed E-state index contributed by atoms with van der Waals surface area (Å²) in [7, 11) is 0. The zero-order valence-corrected chi connectivity index (χ0v) is 32.4. The lowest BCUT2D eigenvalue weighted by Gasteiger charge is -2.34. The third kappa shape index (κ3) is 5.85. The molecule has 7 aromatic carbocycles. The van der Waals surface area contributed by atoms with Crippen LogP contribution in [0.5, 0.6) is 0 Å². The van der Waals surface area contributed by atoms with Gasteiger partial charge in [0.2, 0.25) is 0 Å². The zero-order chi connectivity index (χ0) is 39.2. The van der Waals surface area contributed by atoms with Crippen molar-refractivity contribution in [2.45, 2.75) is 11.8 Å². The van der Waals surface area contributed by atoms with Crippen LogP contribution in [-0.2, 0) is 5.41 Å². The monoisotopic (exact) mass is 753 g/mol. The number of fused-ring (bicyclic) bond motifs is 4. The number of hydrogen-bond acceptors (Lipinski definition) is 3. The van der Waals surface area contributed by atoms with Crippen LogP contribution in [0.1, 0.15) is 34.2 Å². The maximum Gasteiger partial charge on any atom is 0.164 e. The van der Waals surface area contributed by atoms with E-state index in [1.54, 1.807) is 0 Å². The van der Waals surface area contributed by atoms with Gasteiger partial charge in [-0.3, -0.25) is 0 Å². The van der Waals surface area contributed by atoms with E-state index in [0.717, 1.165) is 34.2 Å². The summed E-state index contributed by atoms with van der Waals surface area (Å²) in [5.74, 6) is 2.22. The van der Waals surface area contributed by atoms with E-state index in [1.807, 2.05) is 24.3 Å². The van der Waals surface area contributed by atoms with Gasteiger partial charge < -0.3 is 0 Å². The van der Waals surface area contributed by atoms with Gasteiger partial charge in [-0.2, -0.15) is 0 Å². The number of nitrogens with zero attached hydrogens (tertiary/aromatic N) is 3. The SMILES string of the molecule is C1=CCC2C=CC=C(c3cc4c(cc3-c3nc(-c5ccccc5)nc(-c5ccc(-c6ccccc6)cc5)n3)-c3ccccc3C4(c3ccccc3)c3ccccc3)C2=C1. The van der Waals surface area contributed by atoms with Gasteiger partial charge in [0, 0.05) is 22.6 Å². The minimum Gasteiger partial charge on any atom is -0.208 e. The highest BCUT2D eigenvalue weighted by Crippen LogP contribution is 2.58. The van der Waals surface area contributed by atoms with Crippen molar-refractivity contribution in [3.8, 4) is 56.4 Å². The maximum absolute atomic E-state index is 5.39. The van der Waals surface area contributed by atoms with Gasteiger partial charge in [0.25, 0.3) is 0 Å². The molecule has 1 heterocycles. The molecule has 0 aliphatic heterocycles. The maximum atomic E-state index is 5.39. The van der Waals surface area contributed by atoms with Crippen molar-refractivity contribution < 1.29 is 0 Å². The fourth-order valence-electron chi connectivity index (χ4n) is 9.43. The smallest absolute Gasteiger partial charge is 0.164 e. The Balaban J connectivity index is 1.20. The van der Waals surface area contributed by atoms with Gasteiger partial charge in [0.05, 0.1) is 5.41 Å². The number of benzene rings is 7. The third-order valence-electron chi connectivity index (χ3n) is 12.2. The van der Waals surface area contributed by atoms with Crippen molar-refractivity contribution >= 4 is 5.57 Å². The van der Waals surface area contributed by atoms with E-state index < -0.39 is 5.41 Å². The van der Waals surface area contributed by atoms with Gasteiger partial charge in [-0.25, -0.2) is 15.0 Å². The summed E-state index contributed by atoms with van der Waals surface area (Å²) in [6, 6.07) is 65.1. The van der Waals surface area contributed by atoms with Crippen molar-refractivity contribution in [2.75, 3.05) is 0 Å². The number of allylic oxidation sites excluding steroid dienone is 8. The van der Waals surface area contributed by atoms with E-state index in [0.29, 0.717) is 23.4 Å². The summed E-state index contributed by atoms with van der Waals surface area (Å²) in [5.41, 5.74) is 15.6. The highest BCUT2D eigenvalue weighted by molar-refractivity contribution is 5.96. The molecule has 1 atom stereocenters. The first-order valence-electron chi connectivity index (χ1n) is 20.4. The molecule has 0 fully saturated rings. The molecule has 278 valence electrons. The molecule has 0 bridgehead atoms. The Morgan fingerprint density at radius 2 is 0.949 bits per heavy atom. The molecule has 0 saturated heterocycles. The standard InChI is InChI=1S/C56H39N3/c1-5-18-38(19-6-1)39-32-34-42(35-33-39)54-57-53(41-21-7-2-8-22-41)58-55(59-54)50-36-49-47-29-15-16-31-51(47)56(43-24-9-3-10-25-43,44-26-11-4-12-27-44)52(49)37-48(50)46-30-17-23-40-20-13-14-28-45(40)46/h1-19,21-37,40H,20H2. The fraction of sp³-hybridized carbons (Fsp3) is 0.0536. The highest BCUT2D eigenvalue weighted by atomic mass is 15.0. The van der Waals surface area contributed by atoms with E-state index in [4.69, 9.17) is 15.0 Å². The first-order valence-corrected chi connectivity index (χ1v) is 20.4. The van der Waals surface area contributed by atoms with Crippen LogP contribution in [0.25, 0.3) is 62.0 Å². The third-order valence-corrected chi connectivity index (χ3v) is 12.2. The summed E-state index contributed by atoms with van der Waals surface area (Å²) >= 11 is 0. The molecule has 3 heteroatoms. The Kier molecular flexibility index (Phi) is 8.52. The average Bonchev–Trinajstić information content (AvgIpc) is 3.62. The Hall–Kier alpha value is -7.49. The van der Waals surface area contributed by atoms with Gasteiger partial charge in [-0.1, -0.05) is 206 Å². The van der Waals surface area contributed by atoms with Crippen LogP contribution in [0.2, 0.25) is 0 Å². The van der Waals surface area contributed by atoms with Gasteiger partial charge in [0.15, 0.2) is 17.5 Å². The largest absolute Gasteiger partial charge is 0.208 e. The molecule has 3 aliphatic carbocycles. The molecule has 0 saturated carbocycles. The van der Waals surface area contributed by atoms with E-state index in [2.05, 4.69) is 194 Å². The Bertz CT molecular complexity index is 2940. The topological polar surface area (TPSA) is 38.7 Å². The first-order chi connectivity index (χ1) is 29.3. The van der Waals surface area contributed by atoms with Gasteiger partial charge in [-0.15, -0.1) is 0 Å². The molecule has 0 amide bonds. The van der Waals surface area contributed by atoms with Crippen LogP contribution < -0.4 is 0 Å². The van der Waals surface area contributed by atoms with E-state index in [-0.39, 0.29) is 0 Å². The molecule has 1 unspecified atom stereocenters. The molecule has 3 nitrogen and oxygen atoms in total. The molecule has 0 N–H and O–H groups in total. The summed E-state index contributed by atoms with van der Waals surface area (Å²) < 4.78 is 0. The van der Waals surface area contributed by atoms with Crippen LogP contribution in [0.4, 0.5) is 0 Å². The normalized spacial score (nSPS) is 15.8. The lowest BCUT2D eigenvalue weighted by molar-refractivity contribution is 0.767. The van der Waals surface area contributed by atoms with Crippen LogP contribution in [-0.4, -0.2) is 15.0 Å². The molecule has 0 radical (unpaired) electrons. The molecule has 3 aliphatic rings. The first kappa shape index (κ1) is 34.7. The predicted molar refractivity (Wildman–Crippen MR) is 241 cm³/mol. The average molecular weight is 754 g/mol. The lowest BCUT2D eigenvalue weighted by atomic mass is 9.67. The van der Waals surface area contributed by atoms with E-state index >= 15 is 0 Å². The molecule has 8 aromatic rings.